The normalized spacial score (nSPS) is 14.5. The molecule has 1 fully saturated rings. The van der Waals surface area contributed by atoms with E-state index in [0.29, 0.717) is 17.3 Å². The summed E-state index contributed by atoms with van der Waals surface area (Å²) in [5.41, 5.74) is 4.00. The molecule has 4 aromatic rings. The van der Waals surface area contributed by atoms with E-state index in [9.17, 15) is 9.59 Å². The minimum Gasteiger partial charge on any atom is -0.350 e. The summed E-state index contributed by atoms with van der Waals surface area (Å²) in [6.07, 6.45) is 3.85. The molecular formula is C28H29N3O2. The molecule has 3 aromatic carbocycles. The van der Waals surface area contributed by atoms with Gasteiger partial charge in [-0.05, 0) is 61.3 Å². The van der Waals surface area contributed by atoms with Crippen molar-refractivity contribution in [3.8, 4) is 0 Å². The van der Waals surface area contributed by atoms with Gasteiger partial charge in [-0.2, -0.15) is 0 Å². The number of piperidine rings is 1. The number of carbonyl (C=O) groups excluding carboxylic acids is 1. The van der Waals surface area contributed by atoms with Crippen molar-refractivity contribution in [2.75, 3.05) is 13.1 Å². The number of nitrogens with zero attached hydrogens (tertiary/aromatic N) is 2. The molecule has 33 heavy (non-hydrogen) atoms. The monoisotopic (exact) mass is 439 g/mol. The van der Waals surface area contributed by atoms with Gasteiger partial charge in [0.15, 0.2) is 5.43 Å². The molecule has 1 N–H and O–H groups in total. The molecule has 5 nitrogen and oxygen atoms in total. The van der Waals surface area contributed by atoms with Crippen LogP contribution in [0.25, 0.3) is 21.8 Å². The average molecular weight is 440 g/mol. The zero-order valence-corrected chi connectivity index (χ0v) is 18.8. The summed E-state index contributed by atoms with van der Waals surface area (Å²) in [5.74, 6) is -0.0678. The Balaban J connectivity index is 1.36. The molecule has 1 aromatic heterocycles. The van der Waals surface area contributed by atoms with Crippen molar-refractivity contribution in [3.05, 3.63) is 94.1 Å². The van der Waals surface area contributed by atoms with Gasteiger partial charge in [-0.15, -0.1) is 0 Å². The number of benzene rings is 3. The topological polar surface area (TPSA) is 54.3 Å². The number of para-hydroxylation sites is 2. The van der Waals surface area contributed by atoms with Crippen LogP contribution in [0.5, 0.6) is 0 Å². The standard InChI is InChI=1S/C28H29N3O2/c32-27(29-18-21-10-2-3-11-22(21)19-30-16-8-1-9-17-30)20-31-25-14-6-4-12-23(25)28(33)24-13-5-7-15-26(24)31/h2-7,10-15H,1,8-9,16-20H2,(H,29,32). The van der Waals surface area contributed by atoms with Crippen molar-refractivity contribution >= 4 is 27.7 Å². The third-order valence-corrected chi connectivity index (χ3v) is 6.62. The van der Waals surface area contributed by atoms with Crippen LogP contribution in [0.4, 0.5) is 0 Å². The van der Waals surface area contributed by atoms with Crippen molar-refractivity contribution in [1.29, 1.82) is 0 Å². The third kappa shape index (κ3) is 4.55. The van der Waals surface area contributed by atoms with Crippen molar-refractivity contribution in [3.63, 3.8) is 0 Å². The van der Waals surface area contributed by atoms with Gasteiger partial charge in [0.2, 0.25) is 5.91 Å². The number of hydrogen-bond acceptors (Lipinski definition) is 3. The van der Waals surface area contributed by atoms with Crippen LogP contribution in [0.15, 0.2) is 77.6 Å². The second-order valence-corrected chi connectivity index (χ2v) is 8.83. The maximum Gasteiger partial charge on any atom is 0.240 e. The molecule has 5 rings (SSSR count). The van der Waals surface area contributed by atoms with E-state index in [1.807, 2.05) is 59.2 Å². The zero-order chi connectivity index (χ0) is 22.6. The molecule has 0 aliphatic carbocycles. The van der Waals surface area contributed by atoms with Crippen LogP contribution in [0, 0.1) is 0 Å². The fourth-order valence-electron chi connectivity index (χ4n) is 4.88. The Morgan fingerprint density at radius 2 is 1.33 bits per heavy atom. The largest absolute Gasteiger partial charge is 0.350 e. The molecule has 2 heterocycles. The van der Waals surface area contributed by atoms with Crippen molar-refractivity contribution in [2.24, 2.45) is 0 Å². The molecule has 0 spiro atoms. The van der Waals surface area contributed by atoms with E-state index in [4.69, 9.17) is 0 Å². The minimum absolute atomic E-state index is 0.00417. The molecule has 1 aliphatic rings. The van der Waals surface area contributed by atoms with Crippen molar-refractivity contribution < 1.29 is 4.79 Å². The van der Waals surface area contributed by atoms with E-state index in [0.717, 1.165) is 36.2 Å². The van der Waals surface area contributed by atoms with Gasteiger partial charge in [-0.1, -0.05) is 55.0 Å². The number of fused-ring (bicyclic) bond motifs is 2. The van der Waals surface area contributed by atoms with Crippen LogP contribution in [0.3, 0.4) is 0 Å². The van der Waals surface area contributed by atoms with Crippen molar-refractivity contribution in [2.45, 2.75) is 38.9 Å². The van der Waals surface area contributed by atoms with Crippen LogP contribution < -0.4 is 10.7 Å². The number of likely N-dealkylation sites (tertiary alicyclic amines) is 1. The van der Waals surface area contributed by atoms with Gasteiger partial charge in [-0.3, -0.25) is 14.5 Å². The number of pyridine rings is 1. The first-order valence-electron chi connectivity index (χ1n) is 11.8. The number of carbonyl (C=O) groups is 1. The fraction of sp³-hybridized carbons (Fsp3) is 0.286. The summed E-state index contributed by atoms with van der Waals surface area (Å²) in [6.45, 7) is 3.88. The van der Waals surface area contributed by atoms with Gasteiger partial charge in [0.05, 0.1) is 11.0 Å². The minimum atomic E-state index is -0.0678. The van der Waals surface area contributed by atoms with E-state index in [1.165, 1.54) is 24.8 Å². The molecule has 0 bridgehead atoms. The molecule has 168 valence electrons. The smallest absolute Gasteiger partial charge is 0.240 e. The van der Waals surface area contributed by atoms with Crippen molar-refractivity contribution in [1.82, 2.24) is 14.8 Å². The molecule has 1 aliphatic heterocycles. The summed E-state index contributed by atoms with van der Waals surface area (Å²) in [7, 11) is 0. The zero-order valence-electron chi connectivity index (χ0n) is 18.8. The predicted octanol–water partition coefficient (Wildman–Crippen LogP) is 4.46. The van der Waals surface area contributed by atoms with Crippen LogP contribution in [-0.4, -0.2) is 28.5 Å². The summed E-state index contributed by atoms with van der Waals surface area (Å²) in [4.78, 5) is 28.5. The molecule has 0 radical (unpaired) electrons. The Labute approximate surface area is 193 Å². The number of rotatable bonds is 6. The SMILES string of the molecule is O=C(Cn1c2ccccc2c(=O)c2ccccc21)NCc1ccccc1CN1CCCCC1. The second-order valence-electron chi connectivity index (χ2n) is 8.83. The highest BCUT2D eigenvalue weighted by atomic mass is 16.2. The highest BCUT2D eigenvalue weighted by Crippen LogP contribution is 2.19. The van der Waals surface area contributed by atoms with E-state index in [-0.39, 0.29) is 17.9 Å². The average Bonchev–Trinajstić information content (AvgIpc) is 2.87. The molecule has 0 unspecified atom stereocenters. The van der Waals surface area contributed by atoms with Gasteiger partial charge in [0, 0.05) is 23.9 Å². The Hall–Kier alpha value is -3.44. The number of aromatic nitrogens is 1. The van der Waals surface area contributed by atoms with E-state index < -0.39 is 0 Å². The van der Waals surface area contributed by atoms with Gasteiger partial charge in [0.1, 0.15) is 6.54 Å². The van der Waals surface area contributed by atoms with Gasteiger partial charge >= 0.3 is 0 Å². The highest BCUT2D eigenvalue weighted by Gasteiger charge is 2.15. The first kappa shape index (κ1) is 21.4. The summed E-state index contributed by atoms with van der Waals surface area (Å²) in [5, 5.41) is 4.38. The first-order valence-corrected chi connectivity index (χ1v) is 11.8. The Bertz CT molecular complexity index is 1290. The molecular weight excluding hydrogens is 410 g/mol. The third-order valence-electron chi connectivity index (χ3n) is 6.62. The number of hydrogen-bond donors (Lipinski definition) is 1. The molecule has 1 amide bonds. The van der Waals surface area contributed by atoms with E-state index >= 15 is 0 Å². The fourth-order valence-corrected chi connectivity index (χ4v) is 4.88. The lowest BCUT2D eigenvalue weighted by atomic mass is 10.0. The summed E-state index contributed by atoms with van der Waals surface area (Å²) in [6, 6.07) is 23.4. The highest BCUT2D eigenvalue weighted by molar-refractivity contribution is 5.94. The Kier molecular flexibility index (Phi) is 6.22. The molecule has 5 heteroatoms. The van der Waals surface area contributed by atoms with Crippen LogP contribution >= 0.6 is 0 Å². The van der Waals surface area contributed by atoms with E-state index in [2.05, 4.69) is 28.4 Å². The summed E-state index contributed by atoms with van der Waals surface area (Å²) >= 11 is 0. The lowest BCUT2D eigenvalue weighted by molar-refractivity contribution is -0.121. The predicted molar refractivity (Wildman–Crippen MR) is 133 cm³/mol. The molecule has 0 saturated carbocycles. The van der Waals surface area contributed by atoms with E-state index in [1.54, 1.807) is 0 Å². The number of amides is 1. The first-order chi connectivity index (χ1) is 16.2. The molecule has 1 saturated heterocycles. The second kappa shape index (κ2) is 9.59. The number of nitrogens with one attached hydrogen (secondary N) is 1. The molecule has 0 atom stereocenters. The van der Waals surface area contributed by atoms with Gasteiger partial charge in [-0.25, -0.2) is 0 Å². The lowest BCUT2D eigenvalue weighted by Gasteiger charge is -2.27. The maximum absolute atomic E-state index is 13.0. The maximum atomic E-state index is 13.0. The van der Waals surface area contributed by atoms with Crippen LogP contribution in [0.2, 0.25) is 0 Å². The summed E-state index contributed by atoms with van der Waals surface area (Å²) < 4.78 is 1.95. The lowest BCUT2D eigenvalue weighted by Crippen LogP contribution is -2.31. The van der Waals surface area contributed by atoms with Gasteiger partial charge in [0.25, 0.3) is 0 Å². The van der Waals surface area contributed by atoms with Crippen LogP contribution in [0.1, 0.15) is 30.4 Å². The quantitative estimate of drug-likeness (QED) is 0.452. The van der Waals surface area contributed by atoms with Crippen LogP contribution in [-0.2, 0) is 24.4 Å². The Morgan fingerprint density at radius 3 is 2.00 bits per heavy atom. The van der Waals surface area contributed by atoms with Gasteiger partial charge < -0.3 is 9.88 Å². The Morgan fingerprint density at radius 1 is 0.758 bits per heavy atom.